The second-order valence-corrected chi connectivity index (χ2v) is 7.09. The summed E-state index contributed by atoms with van der Waals surface area (Å²) in [6.45, 7) is 2.48. The summed E-state index contributed by atoms with van der Waals surface area (Å²) in [5.74, 6) is 2.19. The Morgan fingerprint density at radius 3 is 2.71 bits per heavy atom. The number of benzene rings is 1. The van der Waals surface area contributed by atoms with Crippen molar-refractivity contribution < 1.29 is 14.3 Å². The number of carbonyl (C=O) groups excluding carboxylic acids is 1. The molecule has 0 aromatic heterocycles. The molecule has 2 fully saturated rings. The third-order valence-corrected chi connectivity index (χ3v) is 5.01. The number of carbonyl (C=O) groups is 1. The fourth-order valence-corrected chi connectivity index (χ4v) is 3.88. The molecule has 2 heterocycles. The van der Waals surface area contributed by atoms with Crippen molar-refractivity contribution >= 4 is 5.91 Å². The molecule has 2 aliphatic rings. The van der Waals surface area contributed by atoms with E-state index in [1.807, 2.05) is 31.2 Å². The van der Waals surface area contributed by atoms with E-state index in [-0.39, 0.29) is 12.0 Å². The molecule has 3 atom stereocenters. The molecule has 2 bridgehead atoms. The van der Waals surface area contributed by atoms with Gasteiger partial charge >= 0.3 is 0 Å². The molecule has 3 unspecified atom stereocenters. The fraction of sp³-hybridized carbons (Fsp3) is 0.632. The zero-order valence-corrected chi connectivity index (χ0v) is 14.6. The lowest BCUT2D eigenvalue weighted by molar-refractivity contribution is -0.122. The van der Waals surface area contributed by atoms with Crippen LogP contribution in [0.5, 0.6) is 11.5 Å². The van der Waals surface area contributed by atoms with Gasteiger partial charge in [-0.2, -0.15) is 0 Å². The Bertz CT molecular complexity index is 551. The largest absolute Gasteiger partial charge is 0.497 e. The lowest BCUT2D eigenvalue weighted by Crippen LogP contribution is -2.40. The molecule has 2 aliphatic heterocycles. The number of amides is 1. The second-order valence-electron chi connectivity index (χ2n) is 7.09. The molecule has 1 aromatic carbocycles. The molecule has 5 nitrogen and oxygen atoms in total. The molecule has 132 valence electrons. The number of hydrogen-bond acceptors (Lipinski definition) is 4. The molecular weight excluding hydrogens is 304 g/mol. The number of hydrogen-bond donors (Lipinski definition) is 2. The molecule has 0 spiro atoms. The van der Waals surface area contributed by atoms with Crippen LogP contribution in [-0.2, 0) is 4.79 Å². The number of ether oxygens (including phenoxy) is 2. The lowest BCUT2D eigenvalue weighted by atomic mass is 9.89. The predicted molar refractivity (Wildman–Crippen MR) is 93.4 cm³/mol. The van der Waals surface area contributed by atoms with E-state index in [1.54, 1.807) is 7.11 Å². The Balaban J connectivity index is 1.39. The van der Waals surface area contributed by atoms with Gasteiger partial charge in [-0.05, 0) is 50.7 Å². The molecule has 2 saturated heterocycles. The van der Waals surface area contributed by atoms with Crippen LogP contribution in [0.2, 0.25) is 0 Å². The van der Waals surface area contributed by atoms with E-state index in [2.05, 4.69) is 10.6 Å². The van der Waals surface area contributed by atoms with Gasteiger partial charge in [-0.25, -0.2) is 0 Å². The van der Waals surface area contributed by atoms with Crippen molar-refractivity contribution in [3.05, 3.63) is 24.3 Å². The van der Waals surface area contributed by atoms with Gasteiger partial charge in [0.2, 0.25) is 5.91 Å². The minimum absolute atomic E-state index is 0.0785. The Morgan fingerprint density at radius 1 is 1.29 bits per heavy atom. The van der Waals surface area contributed by atoms with Crippen LogP contribution in [0.1, 0.15) is 39.0 Å². The molecule has 24 heavy (non-hydrogen) atoms. The summed E-state index contributed by atoms with van der Waals surface area (Å²) in [6.07, 6.45) is 5.38. The topological polar surface area (TPSA) is 59.6 Å². The first-order valence-corrected chi connectivity index (χ1v) is 8.96. The molecule has 0 aliphatic carbocycles. The Kier molecular flexibility index (Phi) is 5.61. The van der Waals surface area contributed by atoms with Gasteiger partial charge in [0.05, 0.1) is 13.7 Å². The van der Waals surface area contributed by atoms with E-state index in [0.29, 0.717) is 31.0 Å². The molecule has 5 heteroatoms. The van der Waals surface area contributed by atoms with Crippen molar-refractivity contribution in [3.63, 3.8) is 0 Å². The summed E-state index contributed by atoms with van der Waals surface area (Å²) in [5, 5.41) is 6.63. The van der Waals surface area contributed by atoms with Crippen molar-refractivity contribution in [1.82, 2.24) is 10.6 Å². The van der Waals surface area contributed by atoms with Gasteiger partial charge in [0, 0.05) is 24.6 Å². The zero-order valence-electron chi connectivity index (χ0n) is 14.6. The summed E-state index contributed by atoms with van der Waals surface area (Å²) in [4.78, 5) is 12.2. The van der Waals surface area contributed by atoms with Crippen LogP contribution in [0.4, 0.5) is 0 Å². The van der Waals surface area contributed by atoms with Crippen LogP contribution in [0.25, 0.3) is 0 Å². The first-order chi connectivity index (χ1) is 11.6. The van der Waals surface area contributed by atoms with Crippen LogP contribution in [0.15, 0.2) is 24.3 Å². The summed E-state index contributed by atoms with van der Waals surface area (Å²) >= 11 is 0. The van der Waals surface area contributed by atoms with Crippen molar-refractivity contribution in [2.24, 2.45) is 5.92 Å². The number of rotatable bonds is 7. The highest BCUT2D eigenvalue weighted by Crippen LogP contribution is 2.32. The average molecular weight is 332 g/mol. The molecule has 1 amide bonds. The Morgan fingerprint density at radius 2 is 2.00 bits per heavy atom. The van der Waals surface area contributed by atoms with Gasteiger partial charge in [-0.1, -0.05) is 6.07 Å². The number of methoxy groups -OCH3 is 1. The van der Waals surface area contributed by atoms with Crippen LogP contribution < -0.4 is 20.1 Å². The van der Waals surface area contributed by atoms with E-state index < -0.39 is 0 Å². The summed E-state index contributed by atoms with van der Waals surface area (Å²) in [7, 11) is 1.63. The van der Waals surface area contributed by atoms with E-state index in [4.69, 9.17) is 9.47 Å². The highest BCUT2D eigenvalue weighted by Gasteiger charge is 2.34. The predicted octanol–water partition coefficient (Wildman–Crippen LogP) is 2.50. The minimum atomic E-state index is -0.0785. The Hall–Kier alpha value is -1.75. The van der Waals surface area contributed by atoms with E-state index in [9.17, 15) is 4.79 Å². The lowest BCUT2D eigenvalue weighted by Gasteiger charge is -2.28. The van der Waals surface area contributed by atoms with Crippen molar-refractivity contribution in [2.45, 2.75) is 57.2 Å². The normalized spacial score (nSPS) is 26.7. The summed E-state index contributed by atoms with van der Waals surface area (Å²) in [5.41, 5.74) is 0. The first kappa shape index (κ1) is 17.1. The number of piperidine rings is 1. The maximum atomic E-state index is 12.2. The van der Waals surface area contributed by atoms with Crippen molar-refractivity contribution in [2.75, 3.05) is 13.7 Å². The molecule has 0 saturated carbocycles. The molecule has 2 N–H and O–H groups in total. The first-order valence-electron chi connectivity index (χ1n) is 8.96. The highest BCUT2D eigenvalue weighted by atomic mass is 16.5. The Labute approximate surface area is 144 Å². The second kappa shape index (κ2) is 7.88. The van der Waals surface area contributed by atoms with Crippen LogP contribution in [-0.4, -0.2) is 37.7 Å². The van der Waals surface area contributed by atoms with E-state index >= 15 is 0 Å². The van der Waals surface area contributed by atoms with Gasteiger partial charge in [-0.15, -0.1) is 0 Å². The SMILES string of the molecule is COc1cccc(OC(C)CNC(=O)CC2CC3CCC(C2)N3)c1. The quantitative estimate of drug-likeness (QED) is 0.805. The van der Waals surface area contributed by atoms with Crippen molar-refractivity contribution in [3.8, 4) is 11.5 Å². The number of nitrogens with one attached hydrogen (secondary N) is 2. The van der Waals surface area contributed by atoms with Gasteiger partial charge < -0.3 is 20.1 Å². The van der Waals surface area contributed by atoms with Crippen molar-refractivity contribution in [1.29, 1.82) is 0 Å². The minimum Gasteiger partial charge on any atom is -0.497 e. The summed E-state index contributed by atoms with van der Waals surface area (Å²) < 4.78 is 11.0. The molecule has 1 aromatic rings. The standard InChI is InChI=1S/C19H28N2O3/c1-13(24-18-5-3-4-17(11-18)23-2)12-20-19(22)10-14-8-15-6-7-16(9-14)21-15/h3-5,11,13-16,21H,6-10,12H2,1-2H3,(H,20,22). The highest BCUT2D eigenvalue weighted by molar-refractivity contribution is 5.76. The van der Waals surface area contributed by atoms with E-state index in [0.717, 1.165) is 24.3 Å². The van der Waals surface area contributed by atoms with Gasteiger partial charge in [0.25, 0.3) is 0 Å². The fourth-order valence-electron chi connectivity index (χ4n) is 3.88. The monoisotopic (exact) mass is 332 g/mol. The van der Waals surface area contributed by atoms with Gasteiger partial charge in [0.15, 0.2) is 0 Å². The summed E-state index contributed by atoms with van der Waals surface area (Å²) in [6, 6.07) is 8.79. The molecule has 3 rings (SSSR count). The van der Waals surface area contributed by atoms with Crippen LogP contribution >= 0.6 is 0 Å². The molecular formula is C19H28N2O3. The molecule has 0 radical (unpaired) electrons. The van der Waals surface area contributed by atoms with Gasteiger partial charge in [-0.3, -0.25) is 4.79 Å². The third kappa shape index (κ3) is 4.63. The third-order valence-electron chi connectivity index (χ3n) is 5.01. The maximum absolute atomic E-state index is 12.2. The van der Waals surface area contributed by atoms with E-state index in [1.165, 1.54) is 12.8 Å². The average Bonchev–Trinajstić information content (AvgIpc) is 2.92. The maximum Gasteiger partial charge on any atom is 0.220 e. The zero-order chi connectivity index (χ0) is 16.9. The van der Waals surface area contributed by atoms with Crippen LogP contribution in [0, 0.1) is 5.92 Å². The number of fused-ring (bicyclic) bond motifs is 2. The van der Waals surface area contributed by atoms with Gasteiger partial charge in [0.1, 0.15) is 17.6 Å². The smallest absolute Gasteiger partial charge is 0.220 e. The van der Waals surface area contributed by atoms with Crippen LogP contribution in [0.3, 0.4) is 0 Å².